The van der Waals surface area contributed by atoms with Crippen LogP contribution in [0.5, 0.6) is 0 Å². The molecule has 0 saturated heterocycles. The van der Waals surface area contributed by atoms with E-state index in [1.165, 1.54) is 7.11 Å². The molecule has 4 nitrogen and oxygen atoms in total. The molecular formula is C7H13F3N2O2. The molecule has 0 aliphatic carbocycles. The van der Waals surface area contributed by atoms with Gasteiger partial charge in [0.15, 0.2) is 0 Å². The van der Waals surface area contributed by atoms with Crippen LogP contribution >= 0.6 is 0 Å². The number of ether oxygens (including phenoxy) is 1. The van der Waals surface area contributed by atoms with Crippen LogP contribution < -0.4 is 10.6 Å². The number of hydrogen-bond acceptors (Lipinski definition) is 3. The minimum Gasteiger partial charge on any atom is -0.383 e. The monoisotopic (exact) mass is 214 g/mol. The summed E-state index contributed by atoms with van der Waals surface area (Å²) < 4.78 is 39.4. The maximum absolute atomic E-state index is 11.6. The summed E-state index contributed by atoms with van der Waals surface area (Å²) in [4.78, 5) is 10.8. The van der Waals surface area contributed by atoms with E-state index in [9.17, 15) is 18.0 Å². The quantitative estimate of drug-likeness (QED) is 0.607. The van der Waals surface area contributed by atoms with Crippen LogP contribution in [-0.4, -0.2) is 45.4 Å². The molecule has 0 radical (unpaired) electrons. The first-order chi connectivity index (χ1) is 6.45. The summed E-state index contributed by atoms with van der Waals surface area (Å²) in [5.41, 5.74) is 0. The number of carbonyl (C=O) groups is 1. The van der Waals surface area contributed by atoms with Crippen LogP contribution in [0.1, 0.15) is 0 Å². The molecule has 0 rings (SSSR count). The van der Waals surface area contributed by atoms with Gasteiger partial charge in [-0.2, -0.15) is 13.2 Å². The predicted molar refractivity (Wildman–Crippen MR) is 43.8 cm³/mol. The third-order valence-electron chi connectivity index (χ3n) is 1.24. The first-order valence-corrected chi connectivity index (χ1v) is 3.99. The van der Waals surface area contributed by atoms with E-state index in [4.69, 9.17) is 0 Å². The zero-order chi connectivity index (χ0) is 11.0. The van der Waals surface area contributed by atoms with E-state index in [2.05, 4.69) is 10.1 Å². The van der Waals surface area contributed by atoms with E-state index < -0.39 is 18.6 Å². The molecule has 84 valence electrons. The Morgan fingerprint density at radius 1 is 1.43 bits per heavy atom. The third-order valence-corrected chi connectivity index (χ3v) is 1.24. The van der Waals surface area contributed by atoms with Gasteiger partial charge in [-0.15, -0.1) is 0 Å². The minimum atomic E-state index is -4.28. The second kappa shape index (κ2) is 6.61. The van der Waals surface area contributed by atoms with Gasteiger partial charge < -0.3 is 15.4 Å². The maximum Gasteiger partial charge on any atom is 0.401 e. The highest BCUT2D eigenvalue weighted by atomic mass is 19.4. The van der Waals surface area contributed by atoms with Crippen LogP contribution in [-0.2, 0) is 9.53 Å². The topological polar surface area (TPSA) is 50.4 Å². The Balaban J connectivity index is 3.36. The van der Waals surface area contributed by atoms with Crippen molar-refractivity contribution in [2.24, 2.45) is 0 Å². The Hall–Kier alpha value is -0.820. The molecule has 0 spiro atoms. The lowest BCUT2D eigenvalue weighted by atomic mass is 10.5. The van der Waals surface area contributed by atoms with Crippen LogP contribution in [0.25, 0.3) is 0 Å². The molecule has 0 aromatic carbocycles. The van der Waals surface area contributed by atoms with Crippen LogP contribution in [0.15, 0.2) is 0 Å². The van der Waals surface area contributed by atoms with Crippen LogP contribution in [0.4, 0.5) is 13.2 Å². The summed E-state index contributed by atoms with van der Waals surface area (Å²) in [5.74, 6) is -0.480. The van der Waals surface area contributed by atoms with Gasteiger partial charge in [0.1, 0.15) is 0 Å². The second-order valence-corrected chi connectivity index (χ2v) is 2.56. The van der Waals surface area contributed by atoms with Gasteiger partial charge in [0.25, 0.3) is 0 Å². The van der Waals surface area contributed by atoms with Crippen molar-refractivity contribution in [1.29, 1.82) is 0 Å². The molecule has 0 aliphatic rings. The van der Waals surface area contributed by atoms with Gasteiger partial charge in [-0.05, 0) is 0 Å². The van der Waals surface area contributed by atoms with Crippen molar-refractivity contribution in [1.82, 2.24) is 10.6 Å². The Kier molecular flexibility index (Phi) is 6.22. The fraction of sp³-hybridized carbons (Fsp3) is 0.857. The standard InChI is InChI=1S/C7H13F3N2O2/c1-14-3-2-12-6(13)4-11-5-7(8,9)10/h11H,2-5H2,1H3,(H,12,13). The molecule has 0 atom stereocenters. The highest BCUT2D eigenvalue weighted by Crippen LogP contribution is 2.11. The van der Waals surface area contributed by atoms with Crippen molar-refractivity contribution in [3.8, 4) is 0 Å². The summed E-state index contributed by atoms with van der Waals surface area (Å²) in [6, 6.07) is 0. The van der Waals surface area contributed by atoms with Crippen molar-refractivity contribution in [2.45, 2.75) is 6.18 Å². The number of methoxy groups -OCH3 is 1. The van der Waals surface area contributed by atoms with Crippen molar-refractivity contribution in [2.75, 3.05) is 33.4 Å². The fourth-order valence-electron chi connectivity index (χ4n) is 0.673. The molecule has 0 aromatic rings. The number of amides is 1. The Bertz CT molecular complexity index is 173. The number of halogens is 3. The van der Waals surface area contributed by atoms with Gasteiger partial charge in [0, 0.05) is 13.7 Å². The molecule has 0 aromatic heterocycles. The zero-order valence-electron chi connectivity index (χ0n) is 7.78. The molecule has 0 bridgehead atoms. The second-order valence-electron chi connectivity index (χ2n) is 2.56. The molecule has 1 amide bonds. The zero-order valence-corrected chi connectivity index (χ0v) is 7.78. The average Bonchev–Trinajstić information content (AvgIpc) is 2.02. The molecule has 0 saturated carbocycles. The van der Waals surface area contributed by atoms with E-state index >= 15 is 0 Å². The van der Waals surface area contributed by atoms with Gasteiger partial charge >= 0.3 is 6.18 Å². The summed E-state index contributed by atoms with van der Waals surface area (Å²) in [6.45, 7) is -0.873. The predicted octanol–water partition coefficient (Wildman–Crippen LogP) is -0.0991. The number of hydrogen-bond donors (Lipinski definition) is 2. The van der Waals surface area contributed by atoms with Crippen molar-refractivity contribution >= 4 is 5.91 Å². The van der Waals surface area contributed by atoms with Crippen molar-refractivity contribution in [3.05, 3.63) is 0 Å². The first-order valence-electron chi connectivity index (χ1n) is 3.99. The Labute approximate surface area is 79.8 Å². The lowest BCUT2D eigenvalue weighted by molar-refractivity contribution is -0.128. The molecule has 2 N–H and O–H groups in total. The number of carbonyl (C=O) groups excluding carboxylic acids is 1. The fourth-order valence-corrected chi connectivity index (χ4v) is 0.673. The molecular weight excluding hydrogens is 201 g/mol. The molecule has 14 heavy (non-hydrogen) atoms. The highest BCUT2D eigenvalue weighted by molar-refractivity contribution is 5.77. The summed E-state index contributed by atoms with van der Waals surface area (Å²) >= 11 is 0. The van der Waals surface area contributed by atoms with E-state index in [0.29, 0.717) is 13.2 Å². The lowest BCUT2D eigenvalue weighted by Crippen LogP contribution is -2.39. The largest absolute Gasteiger partial charge is 0.401 e. The number of rotatable bonds is 6. The summed E-state index contributed by atoms with van der Waals surface area (Å²) in [6.07, 6.45) is -4.28. The summed E-state index contributed by atoms with van der Waals surface area (Å²) in [5, 5.41) is 4.35. The molecule has 0 aliphatic heterocycles. The van der Waals surface area contributed by atoms with E-state index in [-0.39, 0.29) is 6.54 Å². The summed E-state index contributed by atoms with van der Waals surface area (Å²) in [7, 11) is 1.47. The van der Waals surface area contributed by atoms with E-state index in [1.807, 2.05) is 5.32 Å². The van der Waals surface area contributed by atoms with Crippen LogP contribution in [0, 0.1) is 0 Å². The van der Waals surface area contributed by atoms with Crippen molar-refractivity contribution < 1.29 is 22.7 Å². The van der Waals surface area contributed by atoms with Crippen LogP contribution in [0.2, 0.25) is 0 Å². The van der Waals surface area contributed by atoms with Gasteiger partial charge in [0.2, 0.25) is 5.91 Å². The first kappa shape index (κ1) is 13.2. The number of alkyl halides is 3. The molecule has 0 fully saturated rings. The Morgan fingerprint density at radius 2 is 2.07 bits per heavy atom. The highest BCUT2D eigenvalue weighted by Gasteiger charge is 2.26. The Morgan fingerprint density at radius 3 is 2.57 bits per heavy atom. The average molecular weight is 214 g/mol. The normalized spacial score (nSPS) is 11.4. The van der Waals surface area contributed by atoms with Crippen LogP contribution in [0.3, 0.4) is 0 Å². The molecule has 0 heterocycles. The lowest BCUT2D eigenvalue weighted by Gasteiger charge is -2.08. The van der Waals surface area contributed by atoms with Crippen molar-refractivity contribution in [3.63, 3.8) is 0 Å². The van der Waals surface area contributed by atoms with Gasteiger partial charge in [-0.1, -0.05) is 0 Å². The SMILES string of the molecule is COCCNC(=O)CNCC(F)(F)F. The van der Waals surface area contributed by atoms with E-state index in [1.54, 1.807) is 0 Å². The van der Waals surface area contributed by atoms with Gasteiger partial charge in [-0.25, -0.2) is 0 Å². The smallest absolute Gasteiger partial charge is 0.383 e. The molecule has 0 unspecified atom stereocenters. The van der Waals surface area contributed by atoms with E-state index in [0.717, 1.165) is 0 Å². The molecule has 7 heteroatoms. The van der Waals surface area contributed by atoms with Gasteiger partial charge in [0.05, 0.1) is 19.7 Å². The van der Waals surface area contributed by atoms with Gasteiger partial charge in [-0.3, -0.25) is 4.79 Å². The maximum atomic E-state index is 11.6. The minimum absolute atomic E-state index is 0.295. The number of nitrogens with one attached hydrogen (secondary N) is 2. The third kappa shape index (κ3) is 9.27.